The Kier molecular flexibility index (Phi) is 54.2. The maximum atomic E-state index is 12.9. The van der Waals surface area contributed by atoms with Crippen LogP contribution in [0.2, 0.25) is 0 Å². The fourth-order valence-electron chi connectivity index (χ4n) is 8.67. The standard InChI is InChI=1S/C61H112O6/c1-4-7-10-13-16-19-22-25-28-30-31-34-36-39-42-45-48-51-54-60(63)66-57-58(56-65-59(62)53-50-47-44-41-38-35-32-27-24-21-18-15-12-9-6-3)67-61(64)55-52-49-46-43-40-37-33-29-26-23-20-17-14-11-8-5-2/h18,21,24,27,29,33,58H,4-17,19-20,22-23,25-26,28,30-32,34-57H2,1-3H3/b21-18-,27-24-,33-29-. The average molecular weight is 942 g/mol. The quantitative estimate of drug-likeness (QED) is 0.0199. The first-order valence-electron chi connectivity index (χ1n) is 29.5. The van der Waals surface area contributed by atoms with Crippen LogP contribution in [0.4, 0.5) is 0 Å². The Labute approximate surface area is 416 Å². The van der Waals surface area contributed by atoms with Crippen molar-refractivity contribution in [3.05, 3.63) is 36.5 Å². The number of hydrogen-bond acceptors (Lipinski definition) is 6. The normalized spacial score (nSPS) is 12.2. The first-order valence-corrected chi connectivity index (χ1v) is 29.5. The minimum absolute atomic E-state index is 0.0756. The topological polar surface area (TPSA) is 78.9 Å². The highest BCUT2D eigenvalue weighted by Crippen LogP contribution is 2.17. The van der Waals surface area contributed by atoms with Crippen molar-refractivity contribution >= 4 is 17.9 Å². The number of hydrogen-bond donors (Lipinski definition) is 0. The lowest BCUT2D eigenvalue weighted by molar-refractivity contribution is -0.167. The van der Waals surface area contributed by atoms with E-state index in [1.54, 1.807) is 0 Å². The summed E-state index contributed by atoms with van der Waals surface area (Å²) in [6.07, 6.45) is 67.0. The van der Waals surface area contributed by atoms with E-state index < -0.39 is 6.10 Å². The Morgan fingerprint density at radius 1 is 0.299 bits per heavy atom. The van der Waals surface area contributed by atoms with Gasteiger partial charge in [-0.15, -0.1) is 0 Å². The van der Waals surface area contributed by atoms with Gasteiger partial charge in [0.05, 0.1) is 0 Å². The van der Waals surface area contributed by atoms with Gasteiger partial charge in [0.25, 0.3) is 0 Å². The van der Waals surface area contributed by atoms with Crippen molar-refractivity contribution in [1.29, 1.82) is 0 Å². The number of unbranched alkanes of at least 4 members (excludes halogenated alkanes) is 38. The summed E-state index contributed by atoms with van der Waals surface area (Å²) in [6.45, 7) is 6.64. The van der Waals surface area contributed by atoms with Crippen molar-refractivity contribution in [1.82, 2.24) is 0 Å². The van der Waals surface area contributed by atoms with Crippen LogP contribution in [0.15, 0.2) is 36.5 Å². The molecular formula is C61H112O6. The molecule has 6 nitrogen and oxygen atoms in total. The SMILES string of the molecule is CCCCC/C=C\C=C/CCCCCCCCC(=O)OCC(COC(=O)CCCCCCCCCCCCCCCCCCCC)OC(=O)CCCCCCC/C=C\CCCCCCCCC. The summed E-state index contributed by atoms with van der Waals surface area (Å²) >= 11 is 0. The summed E-state index contributed by atoms with van der Waals surface area (Å²) in [4.78, 5) is 38.2. The summed E-state index contributed by atoms with van der Waals surface area (Å²) < 4.78 is 16.9. The number of esters is 3. The second-order valence-corrected chi connectivity index (χ2v) is 19.9. The molecule has 0 radical (unpaired) electrons. The molecule has 1 atom stereocenters. The van der Waals surface area contributed by atoms with Crippen LogP contribution < -0.4 is 0 Å². The summed E-state index contributed by atoms with van der Waals surface area (Å²) in [5.41, 5.74) is 0. The predicted molar refractivity (Wildman–Crippen MR) is 289 cm³/mol. The molecular weight excluding hydrogens is 829 g/mol. The molecule has 0 aromatic heterocycles. The van der Waals surface area contributed by atoms with E-state index in [1.165, 1.54) is 205 Å². The van der Waals surface area contributed by atoms with Crippen molar-refractivity contribution in [2.45, 2.75) is 322 Å². The van der Waals surface area contributed by atoms with E-state index >= 15 is 0 Å². The maximum Gasteiger partial charge on any atom is 0.306 e. The lowest BCUT2D eigenvalue weighted by Crippen LogP contribution is -2.30. The molecule has 0 heterocycles. The van der Waals surface area contributed by atoms with Gasteiger partial charge >= 0.3 is 17.9 Å². The molecule has 0 saturated carbocycles. The van der Waals surface area contributed by atoms with E-state index in [0.29, 0.717) is 19.3 Å². The van der Waals surface area contributed by atoms with E-state index in [9.17, 15) is 14.4 Å². The summed E-state index contributed by atoms with van der Waals surface area (Å²) in [5.74, 6) is -0.878. The molecule has 67 heavy (non-hydrogen) atoms. The Hall–Kier alpha value is -2.37. The smallest absolute Gasteiger partial charge is 0.306 e. The van der Waals surface area contributed by atoms with E-state index in [-0.39, 0.29) is 31.1 Å². The largest absolute Gasteiger partial charge is 0.462 e. The van der Waals surface area contributed by atoms with E-state index in [0.717, 1.165) is 70.6 Å². The highest BCUT2D eigenvalue weighted by Gasteiger charge is 2.19. The number of allylic oxidation sites excluding steroid dienone is 6. The van der Waals surface area contributed by atoms with Gasteiger partial charge in [0, 0.05) is 19.3 Å². The second kappa shape index (κ2) is 56.2. The Balaban J connectivity index is 4.35. The van der Waals surface area contributed by atoms with Gasteiger partial charge in [0.1, 0.15) is 13.2 Å². The van der Waals surface area contributed by atoms with E-state index in [1.807, 2.05) is 0 Å². The van der Waals surface area contributed by atoms with Crippen LogP contribution in [-0.4, -0.2) is 37.2 Å². The zero-order chi connectivity index (χ0) is 48.6. The second-order valence-electron chi connectivity index (χ2n) is 19.9. The first-order chi connectivity index (χ1) is 33.0. The molecule has 0 aliphatic heterocycles. The van der Waals surface area contributed by atoms with Crippen LogP contribution in [0.3, 0.4) is 0 Å². The third-order valence-electron chi connectivity index (χ3n) is 13.1. The lowest BCUT2D eigenvalue weighted by atomic mass is 10.0. The molecule has 0 amide bonds. The molecule has 0 bridgehead atoms. The summed E-state index contributed by atoms with van der Waals surface area (Å²) in [6, 6.07) is 0. The van der Waals surface area contributed by atoms with Gasteiger partial charge in [-0.1, -0.05) is 263 Å². The number of carbonyl (C=O) groups is 3. The molecule has 6 heteroatoms. The molecule has 0 rings (SSSR count). The van der Waals surface area contributed by atoms with Gasteiger partial charge < -0.3 is 14.2 Å². The summed E-state index contributed by atoms with van der Waals surface area (Å²) in [7, 11) is 0. The molecule has 1 unspecified atom stereocenters. The Morgan fingerprint density at radius 2 is 0.537 bits per heavy atom. The monoisotopic (exact) mass is 941 g/mol. The number of ether oxygens (including phenoxy) is 3. The van der Waals surface area contributed by atoms with Gasteiger partial charge in [0.15, 0.2) is 6.10 Å². The predicted octanol–water partition coefficient (Wildman–Crippen LogP) is 19.7. The molecule has 0 N–H and O–H groups in total. The highest BCUT2D eigenvalue weighted by atomic mass is 16.6. The molecule has 0 saturated heterocycles. The van der Waals surface area contributed by atoms with Crippen molar-refractivity contribution in [2.24, 2.45) is 0 Å². The zero-order valence-corrected chi connectivity index (χ0v) is 44.9. The number of carbonyl (C=O) groups excluding carboxylic acids is 3. The van der Waals surface area contributed by atoms with Gasteiger partial charge in [-0.25, -0.2) is 0 Å². The third kappa shape index (κ3) is 54.4. The van der Waals surface area contributed by atoms with Crippen LogP contribution in [0.5, 0.6) is 0 Å². The molecule has 0 aliphatic rings. The fourth-order valence-corrected chi connectivity index (χ4v) is 8.67. The van der Waals surface area contributed by atoms with Crippen molar-refractivity contribution in [3.8, 4) is 0 Å². The van der Waals surface area contributed by atoms with Gasteiger partial charge in [-0.3, -0.25) is 14.4 Å². The Bertz CT molecular complexity index is 1130. The molecule has 0 fully saturated rings. The third-order valence-corrected chi connectivity index (χ3v) is 13.1. The first kappa shape index (κ1) is 64.6. The van der Waals surface area contributed by atoms with E-state index in [4.69, 9.17) is 14.2 Å². The van der Waals surface area contributed by atoms with Crippen LogP contribution in [0.25, 0.3) is 0 Å². The average Bonchev–Trinajstić information content (AvgIpc) is 3.33. The van der Waals surface area contributed by atoms with Gasteiger partial charge in [0.2, 0.25) is 0 Å². The summed E-state index contributed by atoms with van der Waals surface area (Å²) in [5, 5.41) is 0. The van der Waals surface area contributed by atoms with Crippen molar-refractivity contribution in [3.63, 3.8) is 0 Å². The highest BCUT2D eigenvalue weighted by molar-refractivity contribution is 5.71. The number of rotatable bonds is 54. The maximum absolute atomic E-state index is 12.9. The van der Waals surface area contributed by atoms with Crippen LogP contribution >= 0.6 is 0 Å². The van der Waals surface area contributed by atoms with Crippen molar-refractivity contribution < 1.29 is 28.6 Å². The lowest BCUT2D eigenvalue weighted by Gasteiger charge is -2.18. The minimum atomic E-state index is -0.779. The minimum Gasteiger partial charge on any atom is -0.462 e. The van der Waals surface area contributed by atoms with Crippen LogP contribution in [0, 0.1) is 0 Å². The fraction of sp³-hybridized carbons (Fsp3) is 0.852. The molecule has 0 aliphatic carbocycles. The molecule has 0 aromatic rings. The molecule has 0 aromatic carbocycles. The van der Waals surface area contributed by atoms with Gasteiger partial charge in [-0.2, -0.15) is 0 Å². The Morgan fingerprint density at radius 3 is 0.866 bits per heavy atom. The van der Waals surface area contributed by atoms with E-state index in [2.05, 4.69) is 57.2 Å². The van der Waals surface area contributed by atoms with Crippen LogP contribution in [0.1, 0.15) is 316 Å². The van der Waals surface area contributed by atoms with Crippen molar-refractivity contribution in [2.75, 3.05) is 13.2 Å². The molecule has 0 spiro atoms. The zero-order valence-electron chi connectivity index (χ0n) is 44.9. The van der Waals surface area contributed by atoms with Gasteiger partial charge in [-0.05, 0) is 70.6 Å². The molecule has 392 valence electrons. The van der Waals surface area contributed by atoms with Crippen LogP contribution in [-0.2, 0) is 28.6 Å².